The first-order valence-corrected chi connectivity index (χ1v) is 5.91. The number of ether oxygens (including phenoxy) is 2. The van der Waals surface area contributed by atoms with Crippen molar-refractivity contribution in [2.24, 2.45) is 0 Å². The minimum Gasteiger partial charge on any atom is -0.479 e. The summed E-state index contributed by atoms with van der Waals surface area (Å²) in [5.74, 6) is 1.27. The molecule has 0 saturated heterocycles. The van der Waals surface area contributed by atoms with Crippen LogP contribution in [0.25, 0.3) is 0 Å². The smallest absolute Gasteiger partial charge is 0.238 e. The molecular weight excluding hydrogens is 218 g/mol. The average molecular weight is 237 g/mol. The van der Waals surface area contributed by atoms with Gasteiger partial charge >= 0.3 is 0 Å². The second-order valence-electron chi connectivity index (χ2n) is 4.19. The van der Waals surface area contributed by atoms with Gasteiger partial charge in [-0.25, -0.2) is 0 Å². The van der Waals surface area contributed by atoms with Crippen LogP contribution in [0.3, 0.4) is 0 Å². The molecule has 17 heavy (non-hydrogen) atoms. The largest absolute Gasteiger partial charge is 0.479 e. The van der Waals surface area contributed by atoms with E-state index in [1.165, 1.54) is 0 Å². The Bertz CT molecular complexity index is 378. The van der Waals surface area contributed by atoms with Crippen LogP contribution in [0.4, 0.5) is 11.5 Å². The maximum absolute atomic E-state index is 5.70. The Kier molecular flexibility index (Phi) is 3.68. The summed E-state index contributed by atoms with van der Waals surface area (Å²) in [5, 5.41) is 3.34. The number of pyridine rings is 1. The van der Waals surface area contributed by atoms with E-state index in [1.807, 2.05) is 13.0 Å². The molecule has 2 rings (SSSR count). The number of nitrogen functional groups attached to an aromatic ring is 1. The summed E-state index contributed by atoms with van der Waals surface area (Å²) >= 11 is 0. The number of nitrogens with two attached hydrogens (primary N) is 1. The Hall–Kier alpha value is -1.49. The van der Waals surface area contributed by atoms with Crippen molar-refractivity contribution in [2.45, 2.75) is 31.9 Å². The number of rotatable bonds is 5. The van der Waals surface area contributed by atoms with Crippen molar-refractivity contribution in [1.82, 2.24) is 4.98 Å². The highest BCUT2D eigenvalue weighted by molar-refractivity contribution is 5.53. The number of hydrogen-bond acceptors (Lipinski definition) is 5. The molecule has 0 aliphatic heterocycles. The molecule has 1 heterocycles. The van der Waals surface area contributed by atoms with Gasteiger partial charge in [0.25, 0.3) is 0 Å². The first kappa shape index (κ1) is 12.0. The van der Waals surface area contributed by atoms with E-state index in [0.29, 0.717) is 23.7 Å². The van der Waals surface area contributed by atoms with Crippen LogP contribution in [0.5, 0.6) is 5.88 Å². The fourth-order valence-electron chi connectivity index (χ4n) is 1.96. The first-order valence-electron chi connectivity index (χ1n) is 5.91. The number of methoxy groups -OCH3 is 1. The molecule has 1 saturated carbocycles. The zero-order valence-electron chi connectivity index (χ0n) is 10.3. The molecule has 0 aromatic carbocycles. The van der Waals surface area contributed by atoms with Gasteiger partial charge in [-0.05, 0) is 31.9 Å². The highest BCUT2D eigenvalue weighted by Gasteiger charge is 2.29. The maximum atomic E-state index is 5.70. The molecule has 1 aromatic heterocycles. The lowest BCUT2D eigenvalue weighted by atomic mass is 9.89. The highest BCUT2D eigenvalue weighted by atomic mass is 16.5. The topological polar surface area (TPSA) is 69.4 Å². The number of hydrogen-bond donors (Lipinski definition) is 2. The van der Waals surface area contributed by atoms with Crippen LogP contribution in [0.1, 0.15) is 19.8 Å². The second kappa shape index (κ2) is 5.23. The van der Waals surface area contributed by atoms with Gasteiger partial charge in [0, 0.05) is 12.6 Å². The van der Waals surface area contributed by atoms with Gasteiger partial charge in [0.2, 0.25) is 5.88 Å². The van der Waals surface area contributed by atoms with Crippen LogP contribution in [-0.4, -0.2) is 30.8 Å². The molecule has 1 aliphatic rings. The van der Waals surface area contributed by atoms with Crippen molar-refractivity contribution in [3.8, 4) is 5.88 Å². The van der Waals surface area contributed by atoms with Crippen LogP contribution >= 0.6 is 0 Å². The van der Waals surface area contributed by atoms with Gasteiger partial charge in [-0.1, -0.05) is 0 Å². The summed E-state index contributed by atoms with van der Waals surface area (Å²) in [6.07, 6.45) is 2.46. The predicted octanol–water partition coefficient (Wildman–Crippen LogP) is 1.65. The summed E-state index contributed by atoms with van der Waals surface area (Å²) in [7, 11) is 1.57. The lowest BCUT2D eigenvalue weighted by Gasteiger charge is -2.35. The van der Waals surface area contributed by atoms with Crippen molar-refractivity contribution in [1.29, 1.82) is 0 Å². The monoisotopic (exact) mass is 237 g/mol. The third kappa shape index (κ3) is 2.79. The van der Waals surface area contributed by atoms with E-state index in [0.717, 1.165) is 25.3 Å². The molecule has 0 atom stereocenters. The highest BCUT2D eigenvalue weighted by Crippen LogP contribution is 2.27. The average Bonchev–Trinajstić information content (AvgIpc) is 2.28. The maximum Gasteiger partial charge on any atom is 0.238 e. The van der Waals surface area contributed by atoms with E-state index in [4.69, 9.17) is 15.2 Å². The molecule has 0 bridgehead atoms. The Labute approximate surface area is 101 Å². The molecule has 0 radical (unpaired) electrons. The van der Waals surface area contributed by atoms with Crippen molar-refractivity contribution >= 4 is 11.5 Å². The van der Waals surface area contributed by atoms with E-state index in [9.17, 15) is 0 Å². The minimum atomic E-state index is 0.396. The van der Waals surface area contributed by atoms with Crippen LogP contribution in [-0.2, 0) is 4.74 Å². The molecule has 94 valence electrons. The Balaban J connectivity index is 1.88. The van der Waals surface area contributed by atoms with Gasteiger partial charge in [0.15, 0.2) is 0 Å². The standard InChI is InChI=1S/C12H19N3O2/c1-3-17-9-6-8(7-9)14-11-5-4-10(13)12(15-11)16-2/h4-5,8-9H,3,6-7,13H2,1-2H3,(H,14,15). The lowest BCUT2D eigenvalue weighted by molar-refractivity contribution is 0.00292. The van der Waals surface area contributed by atoms with Gasteiger partial charge in [0.05, 0.1) is 18.9 Å². The number of nitrogens with one attached hydrogen (secondary N) is 1. The Morgan fingerprint density at radius 3 is 2.88 bits per heavy atom. The van der Waals surface area contributed by atoms with Crippen molar-refractivity contribution in [2.75, 3.05) is 24.8 Å². The third-order valence-corrected chi connectivity index (χ3v) is 2.93. The van der Waals surface area contributed by atoms with E-state index in [-0.39, 0.29) is 0 Å². The summed E-state index contributed by atoms with van der Waals surface area (Å²) in [6.45, 7) is 2.80. The summed E-state index contributed by atoms with van der Waals surface area (Å²) in [5.41, 5.74) is 6.26. The van der Waals surface area contributed by atoms with Crippen LogP contribution < -0.4 is 15.8 Å². The van der Waals surface area contributed by atoms with Crippen LogP contribution in [0.2, 0.25) is 0 Å². The normalized spacial score (nSPS) is 22.9. The zero-order valence-corrected chi connectivity index (χ0v) is 10.3. The zero-order chi connectivity index (χ0) is 12.3. The van der Waals surface area contributed by atoms with Crippen molar-refractivity contribution in [3.63, 3.8) is 0 Å². The van der Waals surface area contributed by atoms with Gasteiger partial charge in [0.1, 0.15) is 5.82 Å². The fraction of sp³-hybridized carbons (Fsp3) is 0.583. The van der Waals surface area contributed by atoms with Gasteiger partial charge in [-0.2, -0.15) is 4.98 Å². The van der Waals surface area contributed by atoms with Crippen molar-refractivity contribution < 1.29 is 9.47 Å². The summed E-state index contributed by atoms with van der Waals surface area (Å²) < 4.78 is 10.6. The fourth-order valence-corrected chi connectivity index (χ4v) is 1.96. The van der Waals surface area contributed by atoms with Gasteiger partial charge in [-0.3, -0.25) is 0 Å². The van der Waals surface area contributed by atoms with E-state index < -0.39 is 0 Å². The molecule has 1 fully saturated rings. The van der Waals surface area contributed by atoms with E-state index >= 15 is 0 Å². The number of aromatic nitrogens is 1. The van der Waals surface area contributed by atoms with Gasteiger partial charge in [-0.15, -0.1) is 0 Å². The molecule has 0 spiro atoms. The van der Waals surface area contributed by atoms with Crippen molar-refractivity contribution in [3.05, 3.63) is 12.1 Å². The Morgan fingerprint density at radius 1 is 1.47 bits per heavy atom. The van der Waals surface area contributed by atoms with E-state index in [1.54, 1.807) is 13.2 Å². The molecular formula is C12H19N3O2. The van der Waals surface area contributed by atoms with E-state index in [2.05, 4.69) is 10.3 Å². The number of anilines is 2. The number of nitrogens with zero attached hydrogens (tertiary/aromatic N) is 1. The summed E-state index contributed by atoms with van der Waals surface area (Å²) in [6, 6.07) is 4.10. The van der Waals surface area contributed by atoms with Crippen LogP contribution in [0.15, 0.2) is 12.1 Å². The molecule has 1 aliphatic carbocycles. The quantitative estimate of drug-likeness (QED) is 0.815. The summed E-state index contributed by atoms with van der Waals surface area (Å²) in [4.78, 5) is 4.28. The molecule has 5 nitrogen and oxygen atoms in total. The molecule has 3 N–H and O–H groups in total. The molecule has 0 amide bonds. The third-order valence-electron chi connectivity index (χ3n) is 2.93. The SMILES string of the molecule is CCOC1CC(Nc2ccc(N)c(OC)n2)C1. The molecule has 0 unspecified atom stereocenters. The molecule has 5 heteroatoms. The predicted molar refractivity (Wildman–Crippen MR) is 67.3 cm³/mol. The lowest BCUT2D eigenvalue weighted by Crippen LogP contribution is -2.41. The second-order valence-corrected chi connectivity index (χ2v) is 4.19. The Morgan fingerprint density at radius 2 is 2.24 bits per heavy atom. The minimum absolute atomic E-state index is 0.396. The molecule has 1 aromatic rings. The van der Waals surface area contributed by atoms with Crippen LogP contribution in [0, 0.1) is 0 Å². The first-order chi connectivity index (χ1) is 8.22. The van der Waals surface area contributed by atoms with Gasteiger partial charge < -0.3 is 20.5 Å².